The third kappa shape index (κ3) is 3.20. The molecule has 1 heterocycles. The maximum absolute atomic E-state index is 11.5. The number of hydrogen-bond donors (Lipinski definition) is 1. The van der Waals surface area contributed by atoms with E-state index < -0.39 is 0 Å². The van der Waals surface area contributed by atoms with Crippen molar-refractivity contribution in [3.63, 3.8) is 0 Å². The minimum atomic E-state index is -0.303. The summed E-state index contributed by atoms with van der Waals surface area (Å²) < 4.78 is 10.7. The van der Waals surface area contributed by atoms with Crippen LogP contribution in [0.15, 0.2) is 24.3 Å². The van der Waals surface area contributed by atoms with E-state index in [9.17, 15) is 4.79 Å². The highest BCUT2D eigenvalue weighted by molar-refractivity contribution is 5.89. The zero-order valence-corrected chi connectivity index (χ0v) is 9.94. The molecule has 1 aromatic carbocycles. The van der Waals surface area contributed by atoms with Gasteiger partial charge in [-0.05, 0) is 38.1 Å². The van der Waals surface area contributed by atoms with Crippen molar-refractivity contribution < 1.29 is 14.3 Å². The van der Waals surface area contributed by atoms with Crippen molar-refractivity contribution in [2.45, 2.75) is 19.4 Å². The van der Waals surface area contributed by atoms with Gasteiger partial charge in [0.1, 0.15) is 11.9 Å². The van der Waals surface area contributed by atoms with Crippen LogP contribution in [-0.2, 0) is 4.74 Å². The van der Waals surface area contributed by atoms with E-state index in [0.29, 0.717) is 12.2 Å². The highest BCUT2D eigenvalue weighted by atomic mass is 16.5. The van der Waals surface area contributed by atoms with Crippen LogP contribution in [0.3, 0.4) is 0 Å². The smallest absolute Gasteiger partial charge is 0.338 e. The quantitative estimate of drug-likeness (QED) is 0.805. The topological polar surface area (TPSA) is 47.6 Å². The summed E-state index contributed by atoms with van der Waals surface area (Å²) in [5.41, 5.74) is 0.537. The van der Waals surface area contributed by atoms with Gasteiger partial charge in [0.25, 0.3) is 0 Å². The molecular weight excluding hydrogens is 218 g/mol. The van der Waals surface area contributed by atoms with Gasteiger partial charge in [0.15, 0.2) is 0 Å². The molecule has 0 unspecified atom stereocenters. The van der Waals surface area contributed by atoms with Gasteiger partial charge in [-0.3, -0.25) is 0 Å². The number of benzene rings is 1. The van der Waals surface area contributed by atoms with Crippen molar-refractivity contribution in [2.75, 3.05) is 19.7 Å². The van der Waals surface area contributed by atoms with E-state index in [-0.39, 0.29) is 12.1 Å². The summed E-state index contributed by atoms with van der Waals surface area (Å²) in [5.74, 6) is 0.423. The third-order valence-corrected chi connectivity index (χ3v) is 2.66. The minimum Gasteiger partial charge on any atom is -0.489 e. The highest BCUT2D eigenvalue weighted by Crippen LogP contribution is 2.17. The fraction of sp³-hybridized carbons (Fsp3) is 0.462. The van der Waals surface area contributed by atoms with Gasteiger partial charge in [-0.25, -0.2) is 4.79 Å². The van der Waals surface area contributed by atoms with Crippen LogP contribution in [-0.4, -0.2) is 31.8 Å². The summed E-state index contributed by atoms with van der Waals surface area (Å²) in [6.07, 6.45) is 1.20. The largest absolute Gasteiger partial charge is 0.489 e. The molecule has 4 heteroatoms. The predicted octanol–water partition coefficient (Wildman–Crippen LogP) is 1.60. The van der Waals surface area contributed by atoms with Crippen LogP contribution < -0.4 is 10.1 Å². The van der Waals surface area contributed by atoms with Crippen molar-refractivity contribution >= 4 is 5.97 Å². The number of nitrogens with one attached hydrogen (secondary N) is 1. The van der Waals surface area contributed by atoms with Gasteiger partial charge in [0.2, 0.25) is 0 Å². The molecule has 2 rings (SSSR count). The van der Waals surface area contributed by atoms with Gasteiger partial charge >= 0.3 is 5.97 Å². The highest BCUT2D eigenvalue weighted by Gasteiger charge is 2.16. The third-order valence-electron chi connectivity index (χ3n) is 2.66. The summed E-state index contributed by atoms with van der Waals surface area (Å²) in [5, 5.41) is 3.23. The summed E-state index contributed by atoms with van der Waals surface area (Å²) in [4.78, 5) is 11.5. The van der Waals surface area contributed by atoms with E-state index >= 15 is 0 Å². The van der Waals surface area contributed by atoms with E-state index in [2.05, 4.69) is 5.32 Å². The van der Waals surface area contributed by atoms with E-state index in [4.69, 9.17) is 9.47 Å². The number of rotatable bonds is 4. The number of esters is 1. The van der Waals surface area contributed by atoms with Crippen molar-refractivity contribution in [3.05, 3.63) is 29.8 Å². The molecular formula is C13H17NO3. The zero-order valence-electron chi connectivity index (χ0n) is 9.94. The average Bonchev–Trinajstić information content (AvgIpc) is 2.82. The van der Waals surface area contributed by atoms with Gasteiger partial charge in [-0.2, -0.15) is 0 Å². The first kappa shape index (κ1) is 11.9. The molecule has 1 aliphatic heterocycles. The van der Waals surface area contributed by atoms with E-state index in [1.807, 2.05) is 12.1 Å². The fourth-order valence-electron chi connectivity index (χ4n) is 1.83. The molecule has 0 aromatic heterocycles. The molecule has 0 bridgehead atoms. The van der Waals surface area contributed by atoms with E-state index in [1.54, 1.807) is 19.1 Å². The molecule has 0 aliphatic carbocycles. The maximum atomic E-state index is 11.5. The fourth-order valence-corrected chi connectivity index (χ4v) is 1.83. The van der Waals surface area contributed by atoms with Crippen LogP contribution in [0.2, 0.25) is 0 Å². The Hall–Kier alpha value is -1.55. The lowest BCUT2D eigenvalue weighted by molar-refractivity contribution is 0.0525. The summed E-state index contributed by atoms with van der Waals surface area (Å²) in [6.45, 7) is 4.03. The van der Waals surface area contributed by atoms with Gasteiger partial charge < -0.3 is 14.8 Å². The Balaban J connectivity index is 2.02. The second kappa shape index (κ2) is 5.68. The standard InChI is InChI=1S/C13H17NO3/c1-2-16-13(15)10-4-3-5-11(8-10)17-12-6-7-14-9-12/h3-5,8,12,14H,2,6-7,9H2,1H3/t12-/m1/s1. The molecule has 92 valence electrons. The molecule has 1 N–H and O–H groups in total. The van der Waals surface area contributed by atoms with E-state index in [1.165, 1.54) is 0 Å². The van der Waals surface area contributed by atoms with Gasteiger partial charge in [0.05, 0.1) is 12.2 Å². The number of carbonyl (C=O) groups is 1. The Kier molecular flexibility index (Phi) is 3.98. The lowest BCUT2D eigenvalue weighted by Gasteiger charge is -2.12. The van der Waals surface area contributed by atoms with Crippen molar-refractivity contribution in [1.29, 1.82) is 0 Å². The Labute approximate surface area is 101 Å². The first-order valence-corrected chi connectivity index (χ1v) is 5.94. The molecule has 1 saturated heterocycles. The van der Waals surface area contributed by atoms with Crippen LogP contribution in [0.1, 0.15) is 23.7 Å². The molecule has 1 aromatic rings. The lowest BCUT2D eigenvalue weighted by Crippen LogP contribution is -2.19. The molecule has 0 amide bonds. The monoisotopic (exact) mass is 235 g/mol. The average molecular weight is 235 g/mol. The SMILES string of the molecule is CCOC(=O)c1cccc(O[C@@H]2CCNC2)c1. The normalized spacial score (nSPS) is 19.0. The Morgan fingerprint density at radius 1 is 1.53 bits per heavy atom. The first-order valence-electron chi connectivity index (χ1n) is 5.94. The number of ether oxygens (including phenoxy) is 2. The second-order valence-electron chi connectivity index (χ2n) is 3.98. The molecule has 1 fully saturated rings. The zero-order chi connectivity index (χ0) is 12.1. The van der Waals surface area contributed by atoms with Crippen molar-refractivity contribution in [3.8, 4) is 5.75 Å². The predicted molar refractivity (Wildman–Crippen MR) is 64.3 cm³/mol. The summed E-state index contributed by atoms with van der Waals surface area (Å²) >= 11 is 0. The van der Waals surface area contributed by atoms with Crippen LogP contribution in [0, 0.1) is 0 Å². The molecule has 17 heavy (non-hydrogen) atoms. The number of hydrogen-bond acceptors (Lipinski definition) is 4. The van der Waals surface area contributed by atoms with Crippen LogP contribution in [0.4, 0.5) is 0 Å². The minimum absolute atomic E-state index is 0.201. The molecule has 0 spiro atoms. The first-order chi connectivity index (χ1) is 8.29. The maximum Gasteiger partial charge on any atom is 0.338 e. The van der Waals surface area contributed by atoms with Crippen molar-refractivity contribution in [2.24, 2.45) is 0 Å². The molecule has 0 saturated carbocycles. The Morgan fingerprint density at radius 3 is 3.12 bits per heavy atom. The number of carbonyl (C=O) groups excluding carboxylic acids is 1. The molecule has 1 atom stereocenters. The molecule has 1 aliphatic rings. The van der Waals surface area contributed by atoms with Crippen LogP contribution in [0.25, 0.3) is 0 Å². The van der Waals surface area contributed by atoms with Crippen LogP contribution in [0.5, 0.6) is 5.75 Å². The van der Waals surface area contributed by atoms with Gasteiger partial charge in [-0.1, -0.05) is 6.07 Å². The van der Waals surface area contributed by atoms with Crippen molar-refractivity contribution in [1.82, 2.24) is 5.32 Å². The van der Waals surface area contributed by atoms with Crippen LogP contribution >= 0.6 is 0 Å². The Morgan fingerprint density at radius 2 is 2.41 bits per heavy atom. The lowest BCUT2D eigenvalue weighted by atomic mass is 10.2. The van der Waals surface area contributed by atoms with Gasteiger partial charge in [-0.15, -0.1) is 0 Å². The summed E-state index contributed by atoms with van der Waals surface area (Å²) in [7, 11) is 0. The van der Waals surface area contributed by atoms with E-state index in [0.717, 1.165) is 25.3 Å². The molecule has 0 radical (unpaired) electrons. The molecule has 4 nitrogen and oxygen atoms in total. The van der Waals surface area contributed by atoms with Gasteiger partial charge in [0, 0.05) is 6.54 Å². The second-order valence-corrected chi connectivity index (χ2v) is 3.98. The summed E-state index contributed by atoms with van der Waals surface area (Å²) in [6, 6.07) is 7.14. The Bertz CT molecular complexity index is 386.